The van der Waals surface area contributed by atoms with Gasteiger partial charge < -0.3 is 0 Å². The summed E-state index contributed by atoms with van der Waals surface area (Å²) >= 11 is 0. The summed E-state index contributed by atoms with van der Waals surface area (Å²) in [5, 5.41) is 1.13. The van der Waals surface area contributed by atoms with Crippen molar-refractivity contribution in [2.75, 3.05) is 0 Å². The molecular formula is C12H19FSi. The molecule has 0 saturated carbocycles. The Kier molecular flexibility index (Phi) is 2.86. The van der Waals surface area contributed by atoms with Gasteiger partial charge >= 0.3 is 0 Å². The Bertz CT molecular complexity index is 323. The summed E-state index contributed by atoms with van der Waals surface area (Å²) in [7, 11) is -1.70. The average molecular weight is 210 g/mol. The minimum atomic E-state index is -1.70. The van der Waals surface area contributed by atoms with Gasteiger partial charge in [0.15, 0.2) is 0 Å². The minimum Gasteiger partial charge on any atom is -0.207 e. The summed E-state index contributed by atoms with van der Waals surface area (Å²) in [5.74, 6) is -0.0425. The molecule has 0 aromatic heterocycles. The van der Waals surface area contributed by atoms with Gasteiger partial charge in [0, 0.05) is 0 Å². The van der Waals surface area contributed by atoms with Crippen molar-refractivity contribution in [3.8, 4) is 0 Å². The quantitative estimate of drug-likeness (QED) is 0.622. The first-order chi connectivity index (χ1) is 6.27. The monoisotopic (exact) mass is 210 g/mol. The van der Waals surface area contributed by atoms with Gasteiger partial charge in [-0.05, 0) is 16.3 Å². The molecule has 0 saturated heterocycles. The van der Waals surface area contributed by atoms with Crippen molar-refractivity contribution in [2.45, 2.75) is 38.9 Å². The van der Waals surface area contributed by atoms with E-state index < -0.39 is 8.07 Å². The van der Waals surface area contributed by atoms with Crippen molar-refractivity contribution in [1.82, 2.24) is 0 Å². The molecule has 0 fully saturated rings. The van der Waals surface area contributed by atoms with Crippen LogP contribution >= 0.6 is 0 Å². The molecule has 14 heavy (non-hydrogen) atoms. The Labute approximate surface area is 87.2 Å². The third kappa shape index (κ3) is 1.90. The molecule has 1 aromatic rings. The van der Waals surface area contributed by atoms with Crippen molar-refractivity contribution in [3.63, 3.8) is 0 Å². The van der Waals surface area contributed by atoms with E-state index in [9.17, 15) is 4.39 Å². The molecule has 0 aliphatic heterocycles. The molecule has 1 aromatic carbocycles. The van der Waals surface area contributed by atoms with Gasteiger partial charge in [-0.2, -0.15) is 0 Å². The lowest BCUT2D eigenvalue weighted by atomic mass is 10.2. The number of halogens is 1. The molecule has 0 N–H and O–H groups in total. The fourth-order valence-corrected chi connectivity index (χ4v) is 3.37. The predicted molar refractivity (Wildman–Crippen MR) is 63.2 cm³/mol. The second kappa shape index (κ2) is 3.50. The van der Waals surface area contributed by atoms with E-state index in [0.29, 0.717) is 0 Å². The number of benzene rings is 1. The lowest BCUT2D eigenvalue weighted by Gasteiger charge is -2.37. The largest absolute Gasteiger partial charge is 0.207 e. The zero-order valence-electron chi connectivity index (χ0n) is 9.69. The normalized spacial score (nSPS) is 13.0. The van der Waals surface area contributed by atoms with Gasteiger partial charge in [0.2, 0.25) is 0 Å². The summed E-state index contributed by atoms with van der Waals surface area (Å²) in [5.41, 5.74) is 0. The Morgan fingerprint density at radius 3 is 2.00 bits per heavy atom. The van der Waals surface area contributed by atoms with Crippen molar-refractivity contribution in [2.24, 2.45) is 0 Å². The van der Waals surface area contributed by atoms with Crippen LogP contribution in [0.4, 0.5) is 4.39 Å². The molecule has 0 nitrogen and oxygen atoms in total. The topological polar surface area (TPSA) is 0 Å². The molecule has 0 amide bonds. The van der Waals surface area contributed by atoms with E-state index >= 15 is 0 Å². The van der Waals surface area contributed by atoms with Gasteiger partial charge in [-0.1, -0.05) is 52.1 Å². The zero-order chi connectivity index (χ0) is 11.0. The summed E-state index contributed by atoms with van der Waals surface area (Å²) in [4.78, 5) is 0. The second-order valence-corrected chi connectivity index (χ2v) is 10.6. The van der Waals surface area contributed by atoms with Crippen LogP contribution in [0.2, 0.25) is 18.1 Å². The molecule has 0 aliphatic rings. The van der Waals surface area contributed by atoms with Crippen molar-refractivity contribution in [1.29, 1.82) is 0 Å². The van der Waals surface area contributed by atoms with Crippen LogP contribution < -0.4 is 5.19 Å². The van der Waals surface area contributed by atoms with E-state index in [1.54, 1.807) is 12.1 Å². The molecule has 0 heterocycles. The fourth-order valence-electron chi connectivity index (χ4n) is 1.37. The molecule has 0 aliphatic carbocycles. The Balaban J connectivity index is 3.23. The van der Waals surface area contributed by atoms with E-state index in [4.69, 9.17) is 0 Å². The van der Waals surface area contributed by atoms with Gasteiger partial charge in [-0.15, -0.1) is 0 Å². The highest BCUT2D eigenvalue weighted by Crippen LogP contribution is 2.35. The lowest BCUT2D eigenvalue weighted by molar-refractivity contribution is 0.631. The Hall–Kier alpha value is -0.633. The summed E-state index contributed by atoms with van der Waals surface area (Å²) in [6.45, 7) is 11.1. The van der Waals surface area contributed by atoms with Gasteiger partial charge in [0.25, 0.3) is 0 Å². The van der Waals surface area contributed by atoms with E-state index in [0.717, 1.165) is 5.19 Å². The third-order valence-corrected chi connectivity index (χ3v) is 8.92. The van der Waals surface area contributed by atoms with E-state index in [1.165, 1.54) is 0 Å². The van der Waals surface area contributed by atoms with Crippen molar-refractivity contribution < 1.29 is 4.39 Å². The smallest absolute Gasteiger partial charge is 0.122 e. The van der Waals surface area contributed by atoms with Crippen LogP contribution in [0.25, 0.3) is 0 Å². The SMILES string of the molecule is CC(C)(C)[Si](C)(C)c1ccccc1F. The summed E-state index contributed by atoms with van der Waals surface area (Å²) in [6, 6.07) is 7.19. The molecule has 0 bridgehead atoms. The molecule has 78 valence electrons. The van der Waals surface area contributed by atoms with Crippen molar-refractivity contribution in [3.05, 3.63) is 30.1 Å². The minimum absolute atomic E-state index is 0.0425. The van der Waals surface area contributed by atoms with Gasteiger partial charge in [-0.3, -0.25) is 0 Å². The molecule has 0 unspecified atom stereocenters. The van der Waals surface area contributed by atoms with E-state index in [1.807, 2.05) is 12.1 Å². The summed E-state index contributed by atoms with van der Waals surface area (Å²) < 4.78 is 13.7. The fraction of sp³-hybridized carbons (Fsp3) is 0.500. The Morgan fingerprint density at radius 1 is 1.07 bits per heavy atom. The van der Waals surface area contributed by atoms with Crippen LogP contribution in [-0.2, 0) is 0 Å². The second-order valence-electron chi connectivity index (χ2n) is 5.35. The molecule has 1 rings (SSSR count). The molecule has 0 radical (unpaired) electrons. The lowest BCUT2D eigenvalue weighted by Crippen LogP contribution is -2.50. The first kappa shape index (κ1) is 11.4. The number of hydrogen-bond donors (Lipinski definition) is 0. The highest BCUT2D eigenvalue weighted by Gasteiger charge is 2.38. The standard InChI is InChI=1S/C12H19FSi/c1-12(2,3)14(4,5)11-9-7-6-8-10(11)13/h6-9H,1-5H3. The maximum Gasteiger partial charge on any atom is 0.122 e. The Morgan fingerprint density at radius 2 is 1.57 bits per heavy atom. The highest BCUT2D eigenvalue weighted by atomic mass is 28.3. The zero-order valence-corrected chi connectivity index (χ0v) is 10.7. The van der Waals surface area contributed by atoms with Gasteiger partial charge in [-0.25, -0.2) is 4.39 Å². The van der Waals surface area contributed by atoms with Gasteiger partial charge in [0.05, 0.1) is 8.07 Å². The average Bonchev–Trinajstić information content (AvgIpc) is 2.02. The van der Waals surface area contributed by atoms with Crippen LogP contribution in [0, 0.1) is 5.82 Å². The number of hydrogen-bond acceptors (Lipinski definition) is 0. The predicted octanol–water partition coefficient (Wildman–Crippen LogP) is 3.54. The van der Waals surface area contributed by atoms with Crippen molar-refractivity contribution >= 4 is 13.3 Å². The van der Waals surface area contributed by atoms with Crippen LogP contribution in [-0.4, -0.2) is 8.07 Å². The maximum absolute atomic E-state index is 13.7. The van der Waals surface area contributed by atoms with Crippen LogP contribution in [0.15, 0.2) is 24.3 Å². The maximum atomic E-state index is 13.7. The molecule has 0 atom stereocenters. The summed E-state index contributed by atoms with van der Waals surface area (Å²) in [6.07, 6.45) is 0. The van der Waals surface area contributed by atoms with E-state index in [-0.39, 0.29) is 10.9 Å². The number of rotatable bonds is 1. The molecule has 0 spiro atoms. The van der Waals surface area contributed by atoms with Crippen LogP contribution in [0.5, 0.6) is 0 Å². The van der Waals surface area contributed by atoms with Crippen LogP contribution in [0.1, 0.15) is 20.8 Å². The highest BCUT2D eigenvalue weighted by molar-refractivity contribution is 6.92. The van der Waals surface area contributed by atoms with Gasteiger partial charge in [0.1, 0.15) is 5.82 Å². The first-order valence-corrected chi connectivity index (χ1v) is 8.02. The van der Waals surface area contributed by atoms with Crippen LogP contribution in [0.3, 0.4) is 0 Å². The molecule has 2 heteroatoms. The van der Waals surface area contributed by atoms with E-state index in [2.05, 4.69) is 33.9 Å². The molecular weight excluding hydrogens is 191 g/mol. The first-order valence-electron chi connectivity index (χ1n) is 5.02. The third-order valence-electron chi connectivity index (χ3n) is 3.42.